The monoisotopic (exact) mass is 267 g/mol. The van der Waals surface area contributed by atoms with Crippen molar-refractivity contribution in [3.63, 3.8) is 0 Å². The summed E-state index contributed by atoms with van der Waals surface area (Å²) in [6.07, 6.45) is 2.00. The van der Waals surface area contributed by atoms with E-state index in [0.717, 1.165) is 11.4 Å². The molecule has 88 valence electrons. The molecule has 6 heteroatoms. The van der Waals surface area contributed by atoms with Gasteiger partial charge in [0.25, 0.3) is 0 Å². The molecule has 1 amide bonds. The number of pyridine rings is 1. The molecular formula is C11H10ClN3OS. The number of amides is 1. The zero-order valence-electron chi connectivity index (χ0n) is 8.89. The van der Waals surface area contributed by atoms with Crippen LogP contribution >= 0.6 is 22.9 Å². The first-order valence-corrected chi connectivity index (χ1v) is 6.44. The highest BCUT2D eigenvalue weighted by molar-refractivity contribution is 7.14. The number of hydrogen-bond donors (Lipinski definition) is 1. The van der Waals surface area contributed by atoms with Gasteiger partial charge in [-0.25, -0.2) is 4.98 Å². The van der Waals surface area contributed by atoms with Gasteiger partial charge in [0.2, 0.25) is 5.91 Å². The Balaban J connectivity index is 2.09. The number of alkyl halides is 1. The fourth-order valence-electron chi connectivity index (χ4n) is 1.23. The van der Waals surface area contributed by atoms with E-state index in [1.807, 2.05) is 23.6 Å². The number of rotatable bonds is 4. The van der Waals surface area contributed by atoms with Gasteiger partial charge in [0.05, 0.1) is 5.69 Å². The van der Waals surface area contributed by atoms with E-state index in [9.17, 15) is 4.79 Å². The predicted octanol–water partition coefficient (Wildman–Crippen LogP) is 2.77. The number of halogens is 1. The van der Waals surface area contributed by atoms with Crippen LogP contribution in [0.2, 0.25) is 0 Å². The summed E-state index contributed by atoms with van der Waals surface area (Å²) in [5.74, 6) is 0.187. The number of thiazole rings is 1. The van der Waals surface area contributed by atoms with Gasteiger partial charge >= 0.3 is 0 Å². The quantitative estimate of drug-likeness (QED) is 0.867. The molecule has 0 bridgehead atoms. The van der Waals surface area contributed by atoms with Gasteiger partial charge in [-0.3, -0.25) is 9.78 Å². The van der Waals surface area contributed by atoms with Crippen molar-refractivity contribution >= 4 is 34.0 Å². The van der Waals surface area contributed by atoms with Crippen molar-refractivity contribution in [1.82, 2.24) is 9.97 Å². The number of aromatic nitrogens is 2. The fourth-order valence-corrected chi connectivity index (χ4v) is 2.12. The highest BCUT2D eigenvalue weighted by atomic mass is 35.5. The fraction of sp³-hybridized carbons (Fsp3) is 0.182. The predicted molar refractivity (Wildman–Crippen MR) is 69.3 cm³/mol. The topological polar surface area (TPSA) is 54.9 Å². The van der Waals surface area contributed by atoms with Crippen LogP contribution in [0.3, 0.4) is 0 Å². The van der Waals surface area contributed by atoms with Gasteiger partial charge in [0.1, 0.15) is 5.69 Å². The third-order valence-corrected chi connectivity index (χ3v) is 2.95. The van der Waals surface area contributed by atoms with Crippen LogP contribution in [0.5, 0.6) is 0 Å². The van der Waals surface area contributed by atoms with Crippen LogP contribution < -0.4 is 5.32 Å². The number of carbonyl (C=O) groups is 1. The molecule has 1 N–H and O–H groups in total. The van der Waals surface area contributed by atoms with Crippen molar-refractivity contribution in [3.8, 4) is 11.4 Å². The zero-order valence-corrected chi connectivity index (χ0v) is 10.5. The summed E-state index contributed by atoms with van der Waals surface area (Å²) in [5, 5.41) is 5.12. The molecule has 2 heterocycles. The Morgan fingerprint density at radius 1 is 1.41 bits per heavy atom. The summed E-state index contributed by atoms with van der Waals surface area (Å²) in [6.45, 7) is 0. The van der Waals surface area contributed by atoms with Crippen LogP contribution in [0, 0.1) is 0 Å². The first kappa shape index (κ1) is 12.0. The summed E-state index contributed by atoms with van der Waals surface area (Å²) in [4.78, 5) is 19.8. The van der Waals surface area contributed by atoms with Gasteiger partial charge in [0.15, 0.2) is 5.13 Å². The first-order valence-electron chi connectivity index (χ1n) is 5.02. The maximum atomic E-state index is 11.3. The van der Waals surface area contributed by atoms with Crippen molar-refractivity contribution in [1.29, 1.82) is 0 Å². The standard InChI is InChI=1S/C11H10ClN3OS/c12-5-4-10(16)15-11-14-9(7-17-11)8-3-1-2-6-13-8/h1-3,6-7H,4-5H2,(H,14,15,16). The number of carbonyl (C=O) groups excluding carboxylic acids is 1. The maximum absolute atomic E-state index is 11.3. The highest BCUT2D eigenvalue weighted by Gasteiger charge is 2.07. The van der Waals surface area contributed by atoms with Crippen LogP contribution in [-0.4, -0.2) is 21.8 Å². The SMILES string of the molecule is O=C(CCCl)Nc1nc(-c2ccccn2)cs1. The molecule has 0 saturated carbocycles. The molecule has 0 saturated heterocycles. The van der Waals surface area contributed by atoms with Crippen LogP contribution in [0.25, 0.3) is 11.4 Å². The largest absolute Gasteiger partial charge is 0.302 e. The summed E-state index contributed by atoms with van der Waals surface area (Å²) in [6, 6.07) is 5.62. The third-order valence-electron chi connectivity index (χ3n) is 2.00. The van der Waals surface area contributed by atoms with Crippen LogP contribution in [0.4, 0.5) is 5.13 Å². The van der Waals surface area contributed by atoms with E-state index < -0.39 is 0 Å². The van der Waals surface area contributed by atoms with Gasteiger partial charge in [0, 0.05) is 23.9 Å². The molecule has 0 fully saturated rings. The Kier molecular flexibility index (Phi) is 4.06. The van der Waals surface area contributed by atoms with Crippen LogP contribution in [0.15, 0.2) is 29.8 Å². The summed E-state index contributed by atoms with van der Waals surface area (Å²) < 4.78 is 0. The van der Waals surface area contributed by atoms with Gasteiger partial charge in [-0.1, -0.05) is 6.07 Å². The zero-order chi connectivity index (χ0) is 12.1. The molecule has 0 aromatic carbocycles. The molecule has 0 aliphatic heterocycles. The lowest BCUT2D eigenvalue weighted by Gasteiger charge is -1.98. The molecule has 2 aromatic heterocycles. The Morgan fingerprint density at radius 3 is 3.00 bits per heavy atom. The second kappa shape index (κ2) is 5.75. The second-order valence-electron chi connectivity index (χ2n) is 3.24. The van der Waals surface area contributed by atoms with Crippen molar-refractivity contribution < 1.29 is 4.79 Å². The van der Waals surface area contributed by atoms with E-state index in [0.29, 0.717) is 17.4 Å². The normalized spacial score (nSPS) is 10.2. The lowest BCUT2D eigenvalue weighted by molar-refractivity contribution is -0.115. The lowest BCUT2D eigenvalue weighted by Crippen LogP contribution is -2.11. The van der Waals surface area contributed by atoms with Gasteiger partial charge in [-0.15, -0.1) is 22.9 Å². The molecule has 2 rings (SSSR count). The highest BCUT2D eigenvalue weighted by Crippen LogP contribution is 2.23. The van der Waals surface area contributed by atoms with Crippen molar-refractivity contribution in [2.75, 3.05) is 11.2 Å². The van der Waals surface area contributed by atoms with Crippen molar-refractivity contribution in [2.45, 2.75) is 6.42 Å². The number of nitrogens with zero attached hydrogens (tertiary/aromatic N) is 2. The Bertz CT molecular complexity index is 500. The number of hydrogen-bond acceptors (Lipinski definition) is 4. The molecule has 0 unspecified atom stereocenters. The molecule has 0 aliphatic carbocycles. The summed E-state index contributed by atoms with van der Waals surface area (Å²) in [7, 11) is 0. The average molecular weight is 268 g/mol. The minimum Gasteiger partial charge on any atom is -0.302 e. The Morgan fingerprint density at radius 2 is 2.29 bits per heavy atom. The minimum absolute atomic E-state index is 0.123. The smallest absolute Gasteiger partial charge is 0.227 e. The van der Waals surface area contributed by atoms with Crippen LogP contribution in [-0.2, 0) is 4.79 Å². The molecular weight excluding hydrogens is 258 g/mol. The summed E-state index contributed by atoms with van der Waals surface area (Å²) in [5.41, 5.74) is 1.55. The average Bonchev–Trinajstić information content (AvgIpc) is 2.79. The molecule has 17 heavy (non-hydrogen) atoms. The van der Waals surface area contributed by atoms with Crippen molar-refractivity contribution in [3.05, 3.63) is 29.8 Å². The Labute approximate surface area is 108 Å². The van der Waals surface area contributed by atoms with Crippen molar-refractivity contribution in [2.24, 2.45) is 0 Å². The minimum atomic E-state index is -0.123. The van der Waals surface area contributed by atoms with E-state index in [-0.39, 0.29) is 5.91 Å². The van der Waals surface area contributed by atoms with E-state index in [1.54, 1.807) is 6.20 Å². The summed E-state index contributed by atoms with van der Waals surface area (Å²) >= 11 is 6.85. The maximum Gasteiger partial charge on any atom is 0.227 e. The third kappa shape index (κ3) is 3.25. The second-order valence-corrected chi connectivity index (χ2v) is 4.48. The van der Waals surface area contributed by atoms with E-state index in [2.05, 4.69) is 15.3 Å². The van der Waals surface area contributed by atoms with Gasteiger partial charge in [-0.2, -0.15) is 0 Å². The van der Waals surface area contributed by atoms with Gasteiger partial charge in [-0.05, 0) is 12.1 Å². The lowest BCUT2D eigenvalue weighted by atomic mass is 10.3. The molecule has 0 atom stereocenters. The van der Waals surface area contributed by atoms with Crippen LogP contribution in [0.1, 0.15) is 6.42 Å². The van der Waals surface area contributed by atoms with E-state index >= 15 is 0 Å². The molecule has 0 spiro atoms. The first-order chi connectivity index (χ1) is 8.29. The van der Waals surface area contributed by atoms with E-state index in [4.69, 9.17) is 11.6 Å². The molecule has 0 radical (unpaired) electrons. The number of anilines is 1. The molecule has 4 nitrogen and oxygen atoms in total. The number of nitrogens with one attached hydrogen (secondary N) is 1. The van der Waals surface area contributed by atoms with Gasteiger partial charge < -0.3 is 5.32 Å². The Hall–Kier alpha value is -1.46. The van der Waals surface area contributed by atoms with E-state index in [1.165, 1.54) is 11.3 Å². The molecule has 0 aliphatic rings. The molecule has 2 aromatic rings.